The molecule has 1 saturated heterocycles. The highest BCUT2D eigenvalue weighted by Crippen LogP contribution is 2.35. The Balaban J connectivity index is 1.41. The molecular formula is C29H29Cl2N5O2S. The molecule has 10 heteroatoms. The predicted molar refractivity (Wildman–Crippen MR) is 161 cm³/mol. The van der Waals surface area contributed by atoms with Gasteiger partial charge in [0.25, 0.3) is 5.56 Å². The monoisotopic (exact) mass is 581 g/mol. The fourth-order valence-electron chi connectivity index (χ4n) is 5.47. The fourth-order valence-corrected chi connectivity index (χ4v) is 6.79. The molecule has 1 aliphatic rings. The second-order valence-electron chi connectivity index (χ2n) is 9.75. The van der Waals surface area contributed by atoms with Crippen molar-refractivity contribution in [2.75, 3.05) is 32.8 Å². The zero-order chi connectivity index (χ0) is 27.3. The number of fused-ring (bicyclic) bond motifs is 3. The van der Waals surface area contributed by atoms with Crippen molar-refractivity contribution in [3.8, 4) is 22.4 Å². The lowest BCUT2D eigenvalue weighted by Crippen LogP contribution is -2.48. The first-order chi connectivity index (χ1) is 18.9. The summed E-state index contributed by atoms with van der Waals surface area (Å²) < 4.78 is 9.28. The number of hydrogen-bond donors (Lipinski definition) is 0. The van der Waals surface area contributed by atoms with E-state index < -0.39 is 0 Å². The van der Waals surface area contributed by atoms with Crippen LogP contribution >= 0.6 is 34.5 Å². The van der Waals surface area contributed by atoms with E-state index in [0.29, 0.717) is 21.2 Å². The number of morpholine rings is 1. The number of hydrogen-bond acceptors (Lipinski definition) is 6. The van der Waals surface area contributed by atoms with Gasteiger partial charge < -0.3 is 9.30 Å². The number of nitrogens with zero attached hydrogens (tertiary/aromatic N) is 5. The molecule has 0 atom stereocenters. The van der Waals surface area contributed by atoms with Gasteiger partial charge >= 0.3 is 0 Å². The maximum absolute atomic E-state index is 13.4. The number of halogens is 2. The van der Waals surface area contributed by atoms with Gasteiger partial charge in [0.2, 0.25) is 0 Å². The number of pyridine rings is 1. The Morgan fingerprint density at radius 1 is 1.00 bits per heavy atom. The summed E-state index contributed by atoms with van der Waals surface area (Å²) in [4.78, 5) is 18.4. The van der Waals surface area contributed by atoms with E-state index in [4.69, 9.17) is 32.9 Å². The minimum atomic E-state index is -0.109. The van der Waals surface area contributed by atoms with E-state index in [1.807, 2.05) is 13.1 Å². The van der Waals surface area contributed by atoms with Crippen LogP contribution < -0.4 is 5.56 Å². The van der Waals surface area contributed by atoms with Crippen LogP contribution in [0.5, 0.6) is 0 Å². The smallest absolute Gasteiger partial charge is 0.259 e. The van der Waals surface area contributed by atoms with Crippen LogP contribution in [0.15, 0.2) is 52.6 Å². The molecule has 5 aromatic rings. The second kappa shape index (κ2) is 10.7. The Morgan fingerprint density at radius 3 is 2.54 bits per heavy atom. The van der Waals surface area contributed by atoms with Crippen molar-refractivity contribution in [1.29, 1.82) is 0 Å². The van der Waals surface area contributed by atoms with Crippen LogP contribution in [0.25, 0.3) is 44.3 Å². The van der Waals surface area contributed by atoms with Crippen LogP contribution in [0, 0.1) is 0 Å². The minimum absolute atomic E-state index is 0.109. The maximum Gasteiger partial charge on any atom is 0.259 e. The lowest BCUT2D eigenvalue weighted by atomic mass is 10.0. The summed E-state index contributed by atoms with van der Waals surface area (Å²) in [7, 11) is 3.79. The first-order valence-electron chi connectivity index (χ1n) is 13.0. The van der Waals surface area contributed by atoms with Crippen molar-refractivity contribution >= 4 is 56.5 Å². The lowest BCUT2D eigenvalue weighted by Gasteiger charge is -2.36. The van der Waals surface area contributed by atoms with Crippen LogP contribution in [0.3, 0.4) is 0 Å². The molecular weight excluding hydrogens is 553 g/mol. The molecule has 6 rings (SSSR count). The highest BCUT2D eigenvalue weighted by molar-refractivity contribution is 7.09. The van der Waals surface area contributed by atoms with E-state index in [0.717, 1.165) is 77.6 Å². The first kappa shape index (κ1) is 26.5. The summed E-state index contributed by atoms with van der Waals surface area (Å²) in [6, 6.07) is 13.6. The van der Waals surface area contributed by atoms with E-state index >= 15 is 0 Å². The molecule has 0 spiro atoms. The molecule has 3 aromatic heterocycles. The summed E-state index contributed by atoms with van der Waals surface area (Å²) >= 11 is 14.3. The average Bonchev–Trinajstić information content (AvgIpc) is 3.52. The molecule has 1 aliphatic heterocycles. The largest absolute Gasteiger partial charge is 0.379 e. The standard InChI is InChI=1S/C29H29Cl2N5O2S/c1-4-35(36-9-11-38-12-10-36)16-27-32-25(17-39-27)18-5-8-26-21(13-18)22-15-23(20-7-6-19(30)14-24(20)31)29(37)34(3)28(22)33(26)2/h5-8,13-15,17H,4,9-12,16H2,1-3H3. The molecule has 0 unspecified atom stereocenters. The third-order valence-corrected chi connectivity index (χ3v) is 8.87. The Labute approximate surface area is 240 Å². The molecule has 0 radical (unpaired) electrons. The Morgan fingerprint density at radius 2 is 1.79 bits per heavy atom. The topological polar surface area (TPSA) is 55.5 Å². The summed E-state index contributed by atoms with van der Waals surface area (Å²) in [6.45, 7) is 7.24. The van der Waals surface area contributed by atoms with Gasteiger partial charge in [-0.3, -0.25) is 9.36 Å². The number of hydrazine groups is 1. The van der Waals surface area contributed by atoms with Gasteiger partial charge in [-0.2, -0.15) is 0 Å². The highest BCUT2D eigenvalue weighted by Gasteiger charge is 2.20. The molecule has 0 N–H and O–H groups in total. The number of thiazole rings is 1. The Kier molecular flexibility index (Phi) is 7.26. The number of rotatable bonds is 6. The maximum atomic E-state index is 13.4. The van der Waals surface area contributed by atoms with Gasteiger partial charge in [0, 0.05) is 71.6 Å². The molecule has 0 aliphatic carbocycles. The van der Waals surface area contributed by atoms with Crippen LogP contribution in [0.4, 0.5) is 0 Å². The summed E-state index contributed by atoms with van der Waals surface area (Å²) in [5.41, 5.74) is 5.00. The van der Waals surface area contributed by atoms with Gasteiger partial charge in [0.05, 0.1) is 36.0 Å². The molecule has 0 amide bonds. The number of ether oxygens (including phenoxy) is 1. The van der Waals surface area contributed by atoms with Crippen molar-refractivity contribution in [1.82, 2.24) is 24.1 Å². The van der Waals surface area contributed by atoms with Crippen molar-refractivity contribution in [2.45, 2.75) is 13.5 Å². The van der Waals surface area contributed by atoms with Crippen molar-refractivity contribution in [2.24, 2.45) is 14.1 Å². The molecule has 4 heterocycles. The normalized spacial score (nSPS) is 14.7. The van der Waals surface area contributed by atoms with Gasteiger partial charge in [-0.15, -0.1) is 11.3 Å². The SMILES string of the molecule is CCN(Cc1nc(-c2ccc3c(c2)c2cc(-c4ccc(Cl)cc4Cl)c(=O)n(C)c2n3C)cs1)N1CCOCC1. The third-order valence-electron chi connectivity index (χ3n) is 7.49. The van der Waals surface area contributed by atoms with Crippen LogP contribution in [-0.4, -0.2) is 57.0 Å². The lowest BCUT2D eigenvalue weighted by molar-refractivity contribution is -0.0926. The second-order valence-corrected chi connectivity index (χ2v) is 11.5. The predicted octanol–water partition coefficient (Wildman–Crippen LogP) is 6.20. The first-order valence-corrected chi connectivity index (χ1v) is 14.6. The minimum Gasteiger partial charge on any atom is -0.379 e. The molecule has 39 heavy (non-hydrogen) atoms. The number of aryl methyl sites for hydroxylation is 2. The quantitative estimate of drug-likeness (QED) is 0.239. The molecule has 1 fully saturated rings. The van der Waals surface area contributed by atoms with Gasteiger partial charge in [-0.25, -0.2) is 15.0 Å². The van der Waals surface area contributed by atoms with Crippen LogP contribution in [-0.2, 0) is 25.4 Å². The third kappa shape index (κ3) is 4.79. The zero-order valence-corrected chi connectivity index (χ0v) is 24.4. The van der Waals surface area contributed by atoms with E-state index in [1.54, 1.807) is 41.2 Å². The van der Waals surface area contributed by atoms with E-state index in [9.17, 15) is 4.79 Å². The van der Waals surface area contributed by atoms with Crippen molar-refractivity contribution < 1.29 is 4.74 Å². The van der Waals surface area contributed by atoms with Gasteiger partial charge in [-0.05, 0) is 30.3 Å². The van der Waals surface area contributed by atoms with E-state index in [2.05, 4.69) is 45.1 Å². The summed E-state index contributed by atoms with van der Waals surface area (Å²) in [5, 5.41) is 11.0. The number of benzene rings is 2. The van der Waals surface area contributed by atoms with Gasteiger partial charge in [-0.1, -0.05) is 42.3 Å². The van der Waals surface area contributed by atoms with Crippen LogP contribution in [0.1, 0.15) is 11.9 Å². The fraction of sp³-hybridized carbons (Fsp3) is 0.310. The Hall–Kier alpha value is -2.72. The van der Waals surface area contributed by atoms with Crippen LogP contribution in [0.2, 0.25) is 10.0 Å². The molecule has 2 aromatic carbocycles. The number of aromatic nitrogens is 3. The summed E-state index contributed by atoms with van der Waals surface area (Å²) in [5.74, 6) is 0. The molecule has 0 saturated carbocycles. The van der Waals surface area contributed by atoms with Gasteiger partial charge in [0.15, 0.2) is 0 Å². The molecule has 202 valence electrons. The molecule has 7 nitrogen and oxygen atoms in total. The Bertz CT molecular complexity index is 1750. The summed E-state index contributed by atoms with van der Waals surface area (Å²) in [6.07, 6.45) is 0. The highest BCUT2D eigenvalue weighted by atomic mass is 35.5. The van der Waals surface area contributed by atoms with E-state index in [-0.39, 0.29) is 5.56 Å². The van der Waals surface area contributed by atoms with Gasteiger partial charge in [0.1, 0.15) is 10.7 Å². The van der Waals surface area contributed by atoms with Crippen molar-refractivity contribution in [3.63, 3.8) is 0 Å². The van der Waals surface area contributed by atoms with E-state index in [1.165, 1.54) is 0 Å². The van der Waals surface area contributed by atoms with Crippen molar-refractivity contribution in [3.05, 3.63) is 73.3 Å². The average molecular weight is 583 g/mol. The molecule has 0 bridgehead atoms. The zero-order valence-electron chi connectivity index (χ0n) is 22.1.